The molecular formula is C13H12F3NO4. The highest BCUT2D eigenvalue weighted by Gasteiger charge is 2.33. The van der Waals surface area contributed by atoms with E-state index < -0.39 is 17.3 Å². The second kappa shape index (κ2) is 5.19. The van der Waals surface area contributed by atoms with Gasteiger partial charge >= 0.3 is 6.18 Å². The first-order valence-corrected chi connectivity index (χ1v) is 5.76. The van der Waals surface area contributed by atoms with Crippen LogP contribution in [0.25, 0.3) is 10.9 Å². The molecule has 0 bridgehead atoms. The third-order valence-corrected chi connectivity index (χ3v) is 2.93. The van der Waals surface area contributed by atoms with Crippen LogP contribution in [0.15, 0.2) is 16.9 Å². The summed E-state index contributed by atoms with van der Waals surface area (Å²) in [6.07, 6.45) is -4.66. The monoisotopic (exact) mass is 303 g/mol. The molecule has 2 rings (SSSR count). The molecule has 1 N–H and O–H groups in total. The lowest BCUT2D eigenvalue weighted by molar-refractivity contribution is -0.141. The molecule has 1 aromatic heterocycles. The molecule has 8 heteroatoms. The summed E-state index contributed by atoms with van der Waals surface area (Å²) < 4.78 is 53.5. The van der Waals surface area contributed by atoms with Crippen molar-refractivity contribution in [3.8, 4) is 17.2 Å². The standard InChI is InChI=1S/C13H12F3NO4/c1-19-8-4-6-10(12(21-3)11(8)20-2)7(18)5-9(17-6)13(14,15)16/h4-5H,1-3H3,(H,17,18). The van der Waals surface area contributed by atoms with Crippen molar-refractivity contribution < 1.29 is 27.4 Å². The maximum absolute atomic E-state index is 12.7. The second-order valence-electron chi connectivity index (χ2n) is 4.11. The van der Waals surface area contributed by atoms with Gasteiger partial charge < -0.3 is 19.2 Å². The van der Waals surface area contributed by atoms with E-state index >= 15 is 0 Å². The molecule has 1 aromatic carbocycles. The Kier molecular flexibility index (Phi) is 3.71. The molecule has 5 nitrogen and oxygen atoms in total. The van der Waals surface area contributed by atoms with Gasteiger partial charge in [-0.15, -0.1) is 0 Å². The van der Waals surface area contributed by atoms with Crippen molar-refractivity contribution in [2.45, 2.75) is 6.18 Å². The molecule has 0 aliphatic carbocycles. The Morgan fingerprint density at radius 2 is 1.62 bits per heavy atom. The van der Waals surface area contributed by atoms with Crippen LogP contribution in [0.3, 0.4) is 0 Å². The summed E-state index contributed by atoms with van der Waals surface area (Å²) in [6, 6.07) is 1.74. The fourth-order valence-electron chi connectivity index (χ4n) is 2.04. The van der Waals surface area contributed by atoms with Crippen molar-refractivity contribution in [3.63, 3.8) is 0 Å². The molecule has 114 valence electrons. The maximum Gasteiger partial charge on any atom is 0.431 e. The van der Waals surface area contributed by atoms with E-state index in [1.807, 2.05) is 0 Å². The van der Waals surface area contributed by atoms with E-state index in [0.717, 1.165) is 0 Å². The number of halogens is 3. The molecule has 0 saturated heterocycles. The number of benzene rings is 1. The zero-order chi connectivity index (χ0) is 15.8. The number of hydrogen-bond donors (Lipinski definition) is 1. The normalized spacial score (nSPS) is 11.5. The van der Waals surface area contributed by atoms with E-state index in [9.17, 15) is 18.0 Å². The summed E-state index contributed by atoms with van der Waals surface area (Å²) >= 11 is 0. The number of pyridine rings is 1. The molecule has 2 aromatic rings. The van der Waals surface area contributed by atoms with Crippen molar-refractivity contribution in [2.24, 2.45) is 0 Å². The zero-order valence-electron chi connectivity index (χ0n) is 11.4. The summed E-state index contributed by atoms with van der Waals surface area (Å²) in [7, 11) is 3.95. The SMILES string of the molecule is COc1cc2[nH]c(C(F)(F)F)cc(=O)c2c(OC)c1OC. The molecule has 0 radical (unpaired) electrons. The Labute approximate surface area is 117 Å². The van der Waals surface area contributed by atoms with E-state index in [1.165, 1.54) is 27.4 Å². The van der Waals surface area contributed by atoms with Gasteiger partial charge in [0.2, 0.25) is 5.75 Å². The second-order valence-corrected chi connectivity index (χ2v) is 4.11. The minimum absolute atomic E-state index is 0.0156. The molecule has 0 aliphatic heterocycles. The maximum atomic E-state index is 12.7. The predicted molar refractivity (Wildman–Crippen MR) is 69.2 cm³/mol. The first-order chi connectivity index (χ1) is 9.83. The van der Waals surface area contributed by atoms with Gasteiger partial charge in [-0.3, -0.25) is 4.79 Å². The number of hydrogen-bond acceptors (Lipinski definition) is 4. The minimum atomic E-state index is -4.66. The molecule has 0 spiro atoms. The lowest BCUT2D eigenvalue weighted by Crippen LogP contribution is -2.14. The Morgan fingerprint density at radius 1 is 1.00 bits per heavy atom. The molecule has 0 unspecified atom stereocenters. The quantitative estimate of drug-likeness (QED) is 0.946. The Balaban J connectivity index is 2.92. The number of aromatic amines is 1. The van der Waals surface area contributed by atoms with Crippen LogP contribution in [0.2, 0.25) is 0 Å². The number of rotatable bonds is 3. The average molecular weight is 303 g/mol. The van der Waals surface area contributed by atoms with E-state index in [2.05, 4.69) is 4.98 Å². The van der Waals surface area contributed by atoms with E-state index in [1.54, 1.807) is 0 Å². The van der Waals surface area contributed by atoms with E-state index in [-0.39, 0.29) is 28.2 Å². The summed E-state index contributed by atoms with van der Waals surface area (Å²) in [5.41, 5.74) is -2.02. The average Bonchev–Trinajstić information content (AvgIpc) is 2.43. The third kappa shape index (κ3) is 2.48. The Bertz CT molecular complexity index is 737. The van der Waals surface area contributed by atoms with Crippen LogP contribution in [0, 0.1) is 0 Å². The third-order valence-electron chi connectivity index (χ3n) is 2.93. The van der Waals surface area contributed by atoms with Crippen molar-refractivity contribution in [2.75, 3.05) is 21.3 Å². The summed E-state index contributed by atoms with van der Waals surface area (Å²) in [5, 5.41) is -0.0387. The van der Waals surface area contributed by atoms with Crippen LogP contribution >= 0.6 is 0 Å². The summed E-state index contributed by atoms with van der Waals surface area (Å²) in [6.45, 7) is 0. The number of H-pyrrole nitrogens is 1. The molecule has 0 atom stereocenters. The largest absolute Gasteiger partial charge is 0.493 e. The van der Waals surface area contributed by atoms with Crippen LogP contribution in [-0.4, -0.2) is 26.3 Å². The van der Waals surface area contributed by atoms with Gasteiger partial charge in [-0.1, -0.05) is 0 Å². The van der Waals surface area contributed by atoms with Crippen LogP contribution in [0.5, 0.6) is 17.2 Å². The highest BCUT2D eigenvalue weighted by molar-refractivity contribution is 5.90. The van der Waals surface area contributed by atoms with Gasteiger partial charge in [0.05, 0.1) is 32.2 Å². The number of methoxy groups -OCH3 is 3. The number of aromatic nitrogens is 1. The van der Waals surface area contributed by atoms with Gasteiger partial charge in [0, 0.05) is 12.1 Å². The highest BCUT2D eigenvalue weighted by atomic mass is 19.4. The minimum Gasteiger partial charge on any atom is -0.493 e. The number of fused-ring (bicyclic) bond motifs is 1. The fraction of sp³-hybridized carbons (Fsp3) is 0.308. The zero-order valence-corrected chi connectivity index (χ0v) is 11.4. The van der Waals surface area contributed by atoms with Gasteiger partial charge in [-0.25, -0.2) is 0 Å². The van der Waals surface area contributed by atoms with Gasteiger partial charge in [0.1, 0.15) is 5.69 Å². The topological polar surface area (TPSA) is 60.6 Å². The molecule has 1 heterocycles. The molecule has 0 fully saturated rings. The summed E-state index contributed by atoms with van der Waals surface area (Å²) in [4.78, 5) is 14.2. The van der Waals surface area contributed by atoms with Gasteiger partial charge in [0.15, 0.2) is 16.9 Å². The first kappa shape index (κ1) is 15.0. The van der Waals surface area contributed by atoms with Gasteiger partial charge in [-0.05, 0) is 0 Å². The molecule has 0 aliphatic rings. The fourth-order valence-corrected chi connectivity index (χ4v) is 2.04. The van der Waals surface area contributed by atoms with Crippen molar-refractivity contribution in [3.05, 3.63) is 28.0 Å². The number of alkyl halides is 3. The Hall–Kier alpha value is -2.38. The van der Waals surface area contributed by atoms with Crippen LogP contribution in [0.1, 0.15) is 5.69 Å². The molecule has 0 amide bonds. The van der Waals surface area contributed by atoms with Crippen LogP contribution < -0.4 is 19.6 Å². The lowest BCUT2D eigenvalue weighted by Gasteiger charge is -2.15. The van der Waals surface area contributed by atoms with E-state index in [0.29, 0.717) is 6.07 Å². The Morgan fingerprint density at radius 3 is 2.10 bits per heavy atom. The van der Waals surface area contributed by atoms with Gasteiger partial charge in [0.25, 0.3) is 0 Å². The van der Waals surface area contributed by atoms with Crippen LogP contribution in [-0.2, 0) is 6.18 Å². The smallest absolute Gasteiger partial charge is 0.431 e. The molecule has 21 heavy (non-hydrogen) atoms. The van der Waals surface area contributed by atoms with Crippen molar-refractivity contribution in [1.29, 1.82) is 0 Å². The lowest BCUT2D eigenvalue weighted by atomic mass is 10.1. The van der Waals surface area contributed by atoms with Crippen LogP contribution in [0.4, 0.5) is 13.2 Å². The first-order valence-electron chi connectivity index (χ1n) is 5.76. The summed E-state index contributed by atoms with van der Waals surface area (Å²) in [5.74, 6) is 0.302. The molecular weight excluding hydrogens is 291 g/mol. The van der Waals surface area contributed by atoms with Crippen molar-refractivity contribution in [1.82, 2.24) is 4.98 Å². The van der Waals surface area contributed by atoms with E-state index in [4.69, 9.17) is 14.2 Å². The highest BCUT2D eigenvalue weighted by Crippen LogP contribution is 2.42. The van der Waals surface area contributed by atoms with Gasteiger partial charge in [-0.2, -0.15) is 13.2 Å². The predicted octanol–water partition coefficient (Wildman–Crippen LogP) is 2.57. The van der Waals surface area contributed by atoms with Crippen molar-refractivity contribution >= 4 is 10.9 Å². The molecule has 0 saturated carbocycles. The number of nitrogens with one attached hydrogen (secondary N) is 1. The number of ether oxygens (including phenoxy) is 3.